The number of nitrogens with one attached hydrogen (secondary N) is 1. The van der Waals surface area contributed by atoms with Crippen molar-refractivity contribution < 1.29 is 9.18 Å². The van der Waals surface area contributed by atoms with Gasteiger partial charge in [0.15, 0.2) is 5.13 Å². The first kappa shape index (κ1) is 13.4. The molecule has 18 heavy (non-hydrogen) atoms. The van der Waals surface area contributed by atoms with Crippen LogP contribution in [0.3, 0.4) is 0 Å². The summed E-state index contributed by atoms with van der Waals surface area (Å²) in [7, 11) is 0. The van der Waals surface area contributed by atoms with E-state index in [9.17, 15) is 9.18 Å². The van der Waals surface area contributed by atoms with Crippen LogP contribution < -0.4 is 5.32 Å². The third kappa shape index (κ3) is 2.87. The largest absolute Gasteiger partial charge is 0.301 e. The van der Waals surface area contributed by atoms with Gasteiger partial charge in [0, 0.05) is 0 Å². The molecule has 1 heterocycles. The summed E-state index contributed by atoms with van der Waals surface area (Å²) in [4.78, 5) is 15.6. The van der Waals surface area contributed by atoms with Gasteiger partial charge < -0.3 is 5.32 Å². The van der Waals surface area contributed by atoms with Gasteiger partial charge in [-0.15, -0.1) is 0 Å². The first-order valence-electron chi connectivity index (χ1n) is 5.61. The zero-order valence-corrected chi connectivity index (χ0v) is 12.1. The molecule has 1 amide bonds. The van der Waals surface area contributed by atoms with E-state index in [0.717, 1.165) is 17.5 Å². The summed E-state index contributed by atoms with van der Waals surface area (Å²) in [6.45, 7) is 2.01. The van der Waals surface area contributed by atoms with Gasteiger partial charge in [0.25, 0.3) is 0 Å². The van der Waals surface area contributed by atoms with Gasteiger partial charge in [0.05, 0.1) is 9.53 Å². The lowest BCUT2D eigenvalue weighted by atomic mass is 10.2. The molecule has 1 aromatic heterocycles. The van der Waals surface area contributed by atoms with Crippen LogP contribution in [-0.2, 0) is 4.79 Å². The van der Waals surface area contributed by atoms with Crippen molar-refractivity contribution in [1.29, 1.82) is 0 Å². The number of nitrogens with zero attached hydrogens (tertiary/aromatic N) is 1. The third-order valence-electron chi connectivity index (χ3n) is 2.43. The van der Waals surface area contributed by atoms with Crippen LogP contribution in [0.2, 0.25) is 0 Å². The number of thiazole rings is 1. The van der Waals surface area contributed by atoms with Crippen molar-refractivity contribution in [1.82, 2.24) is 4.98 Å². The van der Waals surface area contributed by atoms with E-state index in [4.69, 9.17) is 0 Å². The number of rotatable bonds is 4. The average Bonchev–Trinajstić information content (AvgIpc) is 2.73. The Morgan fingerprint density at radius 1 is 1.61 bits per heavy atom. The van der Waals surface area contributed by atoms with Crippen LogP contribution in [0.1, 0.15) is 19.8 Å². The van der Waals surface area contributed by atoms with Crippen molar-refractivity contribution in [3.05, 3.63) is 24.0 Å². The zero-order valence-electron chi connectivity index (χ0n) is 9.74. The number of aromatic nitrogens is 1. The molecule has 2 aromatic rings. The normalized spacial score (nSPS) is 12.6. The molecule has 6 heteroatoms. The number of para-hydroxylation sites is 1. The monoisotopic (exact) mass is 330 g/mol. The first-order valence-corrected chi connectivity index (χ1v) is 7.35. The quantitative estimate of drug-likeness (QED) is 0.863. The Labute approximate surface area is 117 Å². The third-order valence-corrected chi connectivity index (χ3v) is 4.24. The molecule has 0 bridgehead atoms. The van der Waals surface area contributed by atoms with E-state index in [-0.39, 0.29) is 16.6 Å². The standard InChI is InChI=1S/C12H12BrFN2OS/c1-2-4-7(13)11(17)16-12-15-10-8(14)5-3-6-9(10)18-12/h3,5-7H,2,4H2,1H3,(H,15,16,17)/t7-/m1/s1. The number of hydrogen-bond donors (Lipinski definition) is 1. The van der Waals surface area contributed by atoms with Crippen molar-refractivity contribution in [3.8, 4) is 0 Å². The number of amides is 1. The van der Waals surface area contributed by atoms with E-state index in [1.807, 2.05) is 6.92 Å². The molecule has 0 spiro atoms. The number of benzene rings is 1. The molecule has 0 unspecified atom stereocenters. The lowest BCUT2D eigenvalue weighted by Gasteiger charge is -2.06. The summed E-state index contributed by atoms with van der Waals surface area (Å²) in [5.74, 6) is -0.510. The number of fused-ring (bicyclic) bond motifs is 1. The molecule has 96 valence electrons. The number of carbonyl (C=O) groups excluding carboxylic acids is 1. The zero-order chi connectivity index (χ0) is 13.1. The second-order valence-electron chi connectivity index (χ2n) is 3.85. The Morgan fingerprint density at radius 3 is 3.06 bits per heavy atom. The van der Waals surface area contributed by atoms with Crippen molar-refractivity contribution >= 4 is 48.5 Å². The highest BCUT2D eigenvalue weighted by Gasteiger charge is 2.16. The lowest BCUT2D eigenvalue weighted by molar-refractivity contribution is -0.115. The molecule has 1 N–H and O–H groups in total. The maximum atomic E-state index is 13.4. The molecule has 2 rings (SSSR count). The summed E-state index contributed by atoms with van der Waals surface area (Å²) < 4.78 is 14.2. The van der Waals surface area contributed by atoms with Gasteiger partial charge in [-0.3, -0.25) is 4.79 Å². The smallest absolute Gasteiger partial charge is 0.239 e. The van der Waals surface area contributed by atoms with Gasteiger partial charge in [-0.25, -0.2) is 9.37 Å². The van der Waals surface area contributed by atoms with E-state index in [1.54, 1.807) is 12.1 Å². The van der Waals surface area contributed by atoms with Crippen LogP contribution in [0.25, 0.3) is 10.2 Å². The summed E-state index contributed by atoms with van der Waals surface area (Å²) in [6.07, 6.45) is 1.67. The van der Waals surface area contributed by atoms with E-state index >= 15 is 0 Å². The highest BCUT2D eigenvalue weighted by atomic mass is 79.9. The molecule has 1 aromatic carbocycles. The number of carbonyl (C=O) groups is 1. The fourth-order valence-corrected chi connectivity index (χ4v) is 2.99. The van der Waals surface area contributed by atoms with E-state index < -0.39 is 0 Å². The van der Waals surface area contributed by atoms with Gasteiger partial charge in [-0.1, -0.05) is 46.7 Å². The molecular formula is C12H12BrFN2OS. The summed E-state index contributed by atoms with van der Waals surface area (Å²) in [5.41, 5.74) is 0.305. The van der Waals surface area contributed by atoms with Crippen LogP contribution in [0.4, 0.5) is 9.52 Å². The minimum absolute atomic E-state index is 0.142. The number of hydrogen-bond acceptors (Lipinski definition) is 3. The number of alkyl halides is 1. The second kappa shape index (κ2) is 5.75. The van der Waals surface area contributed by atoms with Crippen molar-refractivity contribution in [2.24, 2.45) is 0 Å². The van der Waals surface area contributed by atoms with Gasteiger partial charge >= 0.3 is 0 Å². The van der Waals surface area contributed by atoms with E-state index in [1.165, 1.54) is 17.4 Å². The Morgan fingerprint density at radius 2 is 2.39 bits per heavy atom. The highest BCUT2D eigenvalue weighted by molar-refractivity contribution is 9.10. The van der Waals surface area contributed by atoms with E-state index in [2.05, 4.69) is 26.2 Å². The maximum Gasteiger partial charge on any atom is 0.239 e. The van der Waals surface area contributed by atoms with Gasteiger partial charge in [-0.2, -0.15) is 0 Å². The van der Waals surface area contributed by atoms with Gasteiger partial charge in [0.1, 0.15) is 11.3 Å². The minimum Gasteiger partial charge on any atom is -0.301 e. The molecule has 0 aliphatic heterocycles. The predicted molar refractivity (Wildman–Crippen MR) is 75.8 cm³/mol. The molecule has 0 aliphatic carbocycles. The van der Waals surface area contributed by atoms with Crippen LogP contribution in [-0.4, -0.2) is 15.7 Å². The minimum atomic E-state index is -0.367. The van der Waals surface area contributed by atoms with Gasteiger partial charge in [-0.05, 0) is 18.6 Å². The Kier molecular flexibility index (Phi) is 4.29. The first-order chi connectivity index (χ1) is 8.61. The summed E-state index contributed by atoms with van der Waals surface area (Å²) in [5, 5.41) is 3.13. The molecule has 1 atom stereocenters. The number of halogens is 2. The molecule has 0 saturated carbocycles. The molecular weight excluding hydrogens is 319 g/mol. The maximum absolute atomic E-state index is 13.4. The van der Waals surface area contributed by atoms with Crippen LogP contribution >= 0.6 is 27.3 Å². The van der Waals surface area contributed by atoms with Gasteiger partial charge in [0.2, 0.25) is 5.91 Å². The fourth-order valence-electron chi connectivity index (χ4n) is 1.54. The van der Waals surface area contributed by atoms with Crippen LogP contribution in [0.5, 0.6) is 0 Å². The van der Waals surface area contributed by atoms with Crippen LogP contribution in [0, 0.1) is 5.82 Å². The Bertz CT molecular complexity index is 572. The topological polar surface area (TPSA) is 42.0 Å². The molecule has 0 fully saturated rings. The number of anilines is 1. The average molecular weight is 331 g/mol. The summed E-state index contributed by atoms with van der Waals surface area (Å²) in [6, 6.07) is 4.77. The SMILES string of the molecule is CCC[C@@H](Br)C(=O)Nc1nc2c(F)cccc2s1. The fraction of sp³-hybridized carbons (Fsp3) is 0.333. The van der Waals surface area contributed by atoms with E-state index in [0.29, 0.717) is 10.6 Å². The molecule has 0 radical (unpaired) electrons. The molecule has 0 aliphatic rings. The Hall–Kier alpha value is -1.01. The van der Waals surface area contributed by atoms with Crippen molar-refractivity contribution in [3.63, 3.8) is 0 Å². The van der Waals surface area contributed by atoms with Crippen molar-refractivity contribution in [2.45, 2.75) is 24.6 Å². The second-order valence-corrected chi connectivity index (χ2v) is 5.99. The molecule has 3 nitrogen and oxygen atoms in total. The summed E-state index contributed by atoms with van der Waals surface area (Å²) >= 11 is 4.58. The predicted octanol–water partition coefficient (Wildman–Crippen LogP) is 3.94. The lowest BCUT2D eigenvalue weighted by Crippen LogP contribution is -2.22. The van der Waals surface area contributed by atoms with Crippen LogP contribution in [0.15, 0.2) is 18.2 Å². The Balaban J connectivity index is 2.17. The molecule has 0 saturated heterocycles. The van der Waals surface area contributed by atoms with Crippen molar-refractivity contribution in [2.75, 3.05) is 5.32 Å². The highest BCUT2D eigenvalue weighted by Crippen LogP contribution is 2.27.